The van der Waals surface area contributed by atoms with Crippen molar-refractivity contribution in [2.24, 2.45) is 7.05 Å². The molecule has 5 rings (SSSR count). The Hall–Kier alpha value is -3.46. The van der Waals surface area contributed by atoms with Crippen LogP contribution in [-0.2, 0) is 19.2 Å². The van der Waals surface area contributed by atoms with Crippen LogP contribution >= 0.6 is 0 Å². The predicted octanol–water partition coefficient (Wildman–Crippen LogP) is 0.537. The van der Waals surface area contributed by atoms with E-state index in [4.69, 9.17) is 5.73 Å². The van der Waals surface area contributed by atoms with Crippen LogP contribution in [0.2, 0.25) is 0 Å². The highest BCUT2D eigenvalue weighted by Crippen LogP contribution is 2.38. The molecule has 0 amide bonds. The molecule has 27 heavy (non-hydrogen) atoms. The van der Waals surface area contributed by atoms with Gasteiger partial charge in [-0.25, -0.2) is 19.3 Å². The van der Waals surface area contributed by atoms with Gasteiger partial charge in [-0.15, -0.1) is 0 Å². The number of aromatic nitrogens is 6. The Balaban J connectivity index is 1.78. The molecule has 0 radical (unpaired) electrons. The molecule has 0 fully saturated rings. The van der Waals surface area contributed by atoms with Gasteiger partial charge in [0.2, 0.25) is 5.95 Å². The summed E-state index contributed by atoms with van der Waals surface area (Å²) >= 11 is 0. The van der Waals surface area contributed by atoms with Crippen LogP contribution in [0.4, 0.5) is 5.95 Å². The van der Waals surface area contributed by atoms with Gasteiger partial charge < -0.3 is 15.4 Å². The number of nitrogen functional groups attached to an aromatic ring is 1. The van der Waals surface area contributed by atoms with Crippen LogP contribution in [0, 0.1) is 0 Å². The van der Waals surface area contributed by atoms with Crippen LogP contribution in [0.25, 0.3) is 16.9 Å². The fourth-order valence-corrected chi connectivity index (χ4v) is 3.83. The second kappa shape index (κ2) is 5.27. The first-order chi connectivity index (χ1) is 13.0. The number of benzene rings is 1. The van der Waals surface area contributed by atoms with Crippen molar-refractivity contribution in [3.05, 3.63) is 64.7 Å². The molecule has 1 unspecified atom stereocenters. The number of rotatable bonds is 2. The third kappa shape index (κ3) is 2.08. The molecule has 3 aromatic heterocycles. The smallest absolute Gasteiger partial charge is 0.334 e. The summed E-state index contributed by atoms with van der Waals surface area (Å²) in [4.78, 5) is 25.2. The third-order valence-corrected chi connectivity index (χ3v) is 5.22. The summed E-state index contributed by atoms with van der Waals surface area (Å²) < 4.78 is 4.95. The second-order valence-corrected chi connectivity index (χ2v) is 6.71. The van der Waals surface area contributed by atoms with E-state index in [2.05, 4.69) is 15.0 Å². The maximum Gasteiger partial charge on any atom is 0.334 e. The molecular formula is C18H17N7O2. The fraction of sp³-hybridized carbons (Fsp3) is 0.222. The Labute approximate surface area is 153 Å². The molecule has 4 heterocycles. The Morgan fingerprint density at radius 2 is 2.04 bits per heavy atom. The van der Waals surface area contributed by atoms with E-state index in [-0.39, 0.29) is 11.6 Å². The standard InChI is InChI=1S/C18H17N7O2/c1-23-12-3-2-11(18(27)5-8-24-9-7-20-15(18)24)10-13(12)25(17(23)26)14-4-6-21-16(19)22-14/h2-4,6-7,9-10,27H,5,8H2,1H3,(H2,19,21,22). The van der Waals surface area contributed by atoms with E-state index in [9.17, 15) is 9.90 Å². The molecule has 1 atom stereocenters. The molecule has 0 saturated carbocycles. The van der Waals surface area contributed by atoms with Crippen LogP contribution in [0.15, 0.2) is 47.7 Å². The summed E-state index contributed by atoms with van der Waals surface area (Å²) in [6.07, 6.45) is 5.57. The molecule has 0 spiro atoms. The zero-order chi connectivity index (χ0) is 18.8. The average molecular weight is 363 g/mol. The van der Waals surface area contributed by atoms with Crippen molar-refractivity contribution in [1.29, 1.82) is 0 Å². The summed E-state index contributed by atoms with van der Waals surface area (Å²) in [5, 5.41) is 11.3. The summed E-state index contributed by atoms with van der Waals surface area (Å²) in [5.41, 5.74) is 6.29. The van der Waals surface area contributed by atoms with Crippen molar-refractivity contribution in [2.75, 3.05) is 5.73 Å². The monoisotopic (exact) mass is 363 g/mol. The molecule has 4 aromatic rings. The van der Waals surface area contributed by atoms with Crippen LogP contribution in [0.3, 0.4) is 0 Å². The van der Waals surface area contributed by atoms with Crippen molar-refractivity contribution in [3.63, 3.8) is 0 Å². The van der Waals surface area contributed by atoms with Gasteiger partial charge in [-0.05, 0) is 17.7 Å². The number of anilines is 1. The number of nitrogens with two attached hydrogens (primary N) is 1. The number of hydrogen-bond acceptors (Lipinski definition) is 6. The lowest BCUT2D eigenvalue weighted by atomic mass is 9.91. The van der Waals surface area contributed by atoms with E-state index in [0.29, 0.717) is 35.7 Å². The topological polar surface area (TPSA) is 117 Å². The summed E-state index contributed by atoms with van der Waals surface area (Å²) in [6, 6.07) is 7.11. The number of imidazole rings is 2. The lowest BCUT2D eigenvalue weighted by molar-refractivity contribution is 0.0787. The number of aryl methyl sites for hydroxylation is 2. The SMILES string of the molecule is Cn1c(=O)n(-c2ccnc(N)n2)c2cc(C3(O)CCn4ccnc43)ccc21. The molecule has 1 aliphatic rings. The van der Waals surface area contributed by atoms with Crippen molar-refractivity contribution in [3.8, 4) is 5.82 Å². The minimum atomic E-state index is -1.20. The number of aliphatic hydroxyl groups is 1. The largest absolute Gasteiger partial charge is 0.377 e. The van der Waals surface area contributed by atoms with Gasteiger partial charge in [0, 0.05) is 44.7 Å². The van der Waals surface area contributed by atoms with Crippen molar-refractivity contribution in [2.45, 2.75) is 18.6 Å². The lowest BCUT2D eigenvalue weighted by Gasteiger charge is -2.21. The third-order valence-electron chi connectivity index (χ3n) is 5.22. The zero-order valence-electron chi connectivity index (χ0n) is 14.6. The van der Waals surface area contributed by atoms with Crippen LogP contribution in [0.1, 0.15) is 17.8 Å². The molecule has 3 N–H and O–H groups in total. The van der Waals surface area contributed by atoms with Crippen LogP contribution in [-0.4, -0.2) is 33.8 Å². The number of fused-ring (bicyclic) bond motifs is 2. The molecule has 0 aliphatic carbocycles. The highest BCUT2D eigenvalue weighted by Gasteiger charge is 2.40. The normalized spacial score (nSPS) is 18.9. The molecule has 9 nitrogen and oxygen atoms in total. The van der Waals surface area contributed by atoms with Crippen LogP contribution < -0.4 is 11.4 Å². The predicted molar refractivity (Wildman–Crippen MR) is 98.4 cm³/mol. The fourth-order valence-electron chi connectivity index (χ4n) is 3.83. The summed E-state index contributed by atoms with van der Waals surface area (Å²) in [7, 11) is 1.70. The lowest BCUT2D eigenvalue weighted by Crippen LogP contribution is -2.25. The molecular weight excluding hydrogens is 346 g/mol. The Kier molecular flexibility index (Phi) is 3.08. The first kappa shape index (κ1) is 15.8. The zero-order valence-corrected chi connectivity index (χ0v) is 14.6. The number of nitrogens with zero attached hydrogens (tertiary/aromatic N) is 6. The van der Waals surface area contributed by atoms with Gasteiger partial charge >= 0.3 is 5.69 Å². The molecule has 136 valence electrons. The average Bonchev–Trinajstić information content (AvgIpc) is 3.32. The van der Waals surface area contributed by atoms with Crippen molar-refractivity contribution < 1.29 is 5.11 Å². The van der Waals surface area contributed by atoms with Crippen molar-refractivity contribution in [1.82, 2.24) is 28.7 Å². The molecule has 1 aromatic carbocycles. The Bertz CT molecular complexity index is 1250. The van der Waals surface area contributed by atoms with Gasteiger partial charge in [-0.3, -0.25) is 4.57 Å². The second-order valence-electron chi connectivity index (χ2n) is 6.71. The van der Waals surface area contributed by atoms with Gasteiger partial charge in [0.15, 0.2) is 0 Å². The van der Waals surface area contributed by atoms with E-state index < -0.39 is 5.60 Å². The summed E-state index contributed by atoms with van der Waals surface area (Å²) in [6.45, 7) is 0.688. The van der Waals surface area contributed by atoms with E-state index in [1.807, 2.05) is 29.0 Å². The van der Waals surface area contributed by atoms with Crippen LogP contribution in [0.5, 0.6) is 0 Å². The minimum Gasteiger partial charge on any atom is -0.377 e. The molecule has 0 saturated heterocycles. The van der Waals surface area contributed by atoms with Gasteiger partial charge in [0.25, 0.3) is 0 Å². The first-order valence-electron chi connectivity index (χ1n) is 8.54. The minimum absolute atomic E-state index is 0.0870. The molecule has 1 aliphatic heterocycles. The van der Waals surface area contributed by atoms with E-state index in [0.717, 1.165) is 5.52 Å². The Morgan fingerprint density at radius 3 is 2.85 bits per heavy atom. The van der Waals surface area contributed by atoms with E-state index in [1.165, 1.54) is 15.3 Å². The van der Waals surface area contributed by atoms with Gasteiger partial charge in [-0.1, -0.05) is 6.07 Å². The number of hydrogen-bond donors (Lipinski definition) is 2. The Morgan fingerprint density at radius 1 is 1.19 bits per heavy atom. The van der Waals surface area contributed by atoms with Gasteiger partial charge in [0.05, 0.1) is 11.0 Å². The quantitative estimate of drug-likeness (QED) is 0.537. The van der Waals surface area contributed by atoms with Crippen molar-refractivity contribution >= 4 is 17.0 Å². The van der Waals surface area contributed by atoms with Gasteiger partial charge in [0.1, 0.15) is 17.2 Å². The molecule has 0 bridgehead atoms. The molecule has 9 heteroatoms. The van der Waals surface area contributed by atoms with E-state index >= 15 is 0 Å². The highest BCUT2D eigenvalue weighted by molar-refractivity contribution is 5.79. The summed E-state index contributed by atoms with van der Waals surface area (Å²) in [5.74, 6) is 1.08. The van der Waals surface area contributed by atoms with Gasteiger partial charge in [-0.2, -0.15) is 4.98 Å². The first-order valence-corrected chi connectivity index (χ1v) is 8.54. The van der Waals surface area contributed by atoms with E-state index in [1.54, 1.807) is 19.3 Å². The maximum absolute atomic E-state index is 12.8. The highest BCUT2D eigenvalue weighted by atomic mass is 16.3. The maximum atomic E-state index is 12.8.